The van der Waals surface area contributed by atoms with Crippen LogP contribution in [-0.4, -0.2) is 74.3 Å². The molecule has 9 nitrogen and oxygen atoms in total. The molecule has 1 saturated heterocycles. The number of pyridine rings is 2. The lowest BCUT2D eigenvalue weighted by Crippen LogP contribution is -2.39. The second kappa shape index (κ2) is 12.0. The van der Waals surface area contributed by atoms with E-state index in [0.717, 1.165) is 39.4 Å². The molecule has 3 heterocycles. The number of aromatic nitrogens is 2. The third-order valence-corrected chi connectivity index (χ3v) is 7.09. The van der Waals surface area contributed by atoms with Crippen LogP contribution in [-0.2, 0) is 11.8 Å². The summed E-state index contributed by atoms with van der Waals surface area (Å²) >= 11 is 13.1. The van der Waals surface area contributed by atoms with Gasteiger partial charge in [-0.3, -0.25) is 14.7 Å². The van der Waals surface area contributed by atoms with E-state index in [-0.39, 0.29) is 15.6 Å². The van der Waals surface area contributed by atoms with Gasteiger partial charge in [-0.15, -0.1) is 0 Å². The molecule has 0 atom stereocenters. The van der Waals surface area contributed by atoms with E-state index in [4.69, 9.17) is 42.8 Å². The Kier molecular flexibility index (Phi) is 8.71. The van der Waals surface area contributed by atoms with Crippen molar-refractivity contribution < 1.29 is 14.2 Å². The van der Waals surface area contributed by atoms with Crippen molar-refractivity contribution in [1.29, 1.82) is 5.41 Å². The second-order valence-electron chi connectivity index (χ2n) is 8.49. The molecular formula is C26H29Cl2N5O4. The second-order valence-corrected chi connectivity index (χ2v) is 9.24. The summed E-state index contributed by atoms with van der Waals surface area (Å²) in [5.41, 5.74) is 2.15. The number of morpholine rings is 1. The number of aryl methyl sites for hydroxylation is 1. The molecule has 196 valence electrons. The molecule has 1 aliphatic heterocycles. The van der Waals surface area contributed by atoms with E-state index in [0.29, 0.717) is 44.8 Å². The minimum absolute atomic E-state index is 0.214. The van der Waals surface area contributed by atoms with Crippen LogP contribution in [0, 0.1) is 5.41 Å². The van der Waals surface area contributed by atoms with Gasteiger partial charge in [0.1, 0.15) is 11.5 Å². The summed E-state index contributed by atoms with van der Waals surface area (Å²) < 4.78 is 17.6. The molecule has 11 heteroatoms. The summed E-state index contributed by atoms with van der Waals surface area (Å²) in [6, 6.07) is 5.07. The van der Waals surface area contributed by atoms with Crippen molar-refractivity contribution in [2.75, 3.05) is 53.6 Å². The minimum atomic E-state index is -0.298. The van der Waals surface area contributed by atoms with E-state index in [1.54, 1.807) is 37.6 Å². The Hall–Kier alpha value is -3.11. The fourth-order valence-electron chi connectivity index (χ4n) is 4.24. The molecule has 0 bridgehead atoms. The molecule has 0 radical (unpaired) electrons. The molecule has 2 N–H and O–H groups in total. The quantitative estimate of drug-likeness (QED) is 0.311. The lowest BCUT2D eigenvalue weighted by atomic mass is 10.0. The lowest BCUT2D eigenvalue weighted by molar-refractivity contribution is 0.0388. The number of ether oxygens (including phenoxy) is 3. The van der Waals surface area contributed by atoms with E-state index in [9.17, 15) is 4.79 Å². The van der Waals surface area contributed by atoms with Gasteiger partial charge in [-0.25, -0.2) is 0 Å². The highest BCUT2D eigenvalue weighted by atomic mass is 35.5. The number of nitrogens with zero attached hydrogens (tertiary/aromatic N) is 3. The molecule has 0 spiro atoms. The molecule has 3 aromatic rings. The molecule has 37 heavy (non-hydrogen) atoms. The monoisotopic (exact) mass is 545 g/mol. The fourth-order valence-corrected chi connectivity index (χ4v) is 4.95. The van der Waals surface area contributed by atoms with Crippen molar-refractivity contribution >= 4 is 45.9 Å². The fraction of sp³-hybridized carbons (Fsp3) is 0.346. The normalized spacial score (nSPS) is 14.6. The average Bonchev–Trinajstić information content (AvgIpc) is 2.92. The first-order chi connectivity index (χ1) is 17.9. The molecule has 1 aliphatic rings. The molecule has 0 aliphatic carbocycles. The topological polar surface area (TPSA) is 102 Å². The molecular weight excluding hydrogens is 517 g/mol. The van der Waals surface area contributed by atoms with Crippen LogP contribution in [0.3, 0.4) is 0 Å². The SMILES string of the molecule is COc1cc(OC)c(Cl)c(-c2cc3cnc(/C(C=N)=C/NCCN4CCOCC4)cc3n(C)c2=O)c1Cl. The summed E-state index contributed by atoms with van der Waals surface area (Å²) in [6.45, 7) is 4.97. The number of benzene rings is 1. The maximum absolute atomic E-state index is 13.5. The lowest BCUT2D eigenvalue weighted by Gasteiger charge is -2.26. The maximum Gasteiger partial charge on any atom is 0.258 e. The van der Waals surface area contributed by atoms with Crippen molar-refractivity contribution in [3.63, 3.8) is 0 Å². The van der Waals surface area contributed by atoms with Crippen LogP contribution in [0.25, 0.3) is 27.6 Å². The third-order valence-electron chi connectivity index (χ3n) is 6.34. The van der Waals surface area contributed by atoms with Crippen molar-refractivity contribution in [2.45, 2.75) is 0 Å². The Bertz CT molecular complexity index is 1370. The zero-order chi connectivity index (χ0) is 26.5. The first-order valence-corrected chi connectivity index (χ1v) is 12.5. The van der Waals surface area contributed by atoms with E-state index in [2.05, 4.69) is 15.2 Å². The number of hydrogen-bond donors (Lipinski definition) is 2. The van der Waals surface area contributed by atoms with E-state index in [1.165, 1.54) is 25.0 Å². The van der Waals surface area contributed by atoms with Crippen LogP contribution in [0.15, 0.2) is 35.4 Å². The number of fused-ring (bicyclic) bond motifs is 1. The van der Waals surface area contributed by atoms with Crippen molar-refractivity contribution in [3.8, 4) is 22.6 Å². The number of nitrogens with one attached hydrogen (secondary N) is 2. The van der Waals surface area contributed by atoms with Gasteiger partial charge in [0.15, 0.2) is 0 Å². The van der Waals surface area contributed by atoms with Crippen molar-refractivity contribution in [1.82, 2.24) is 19.8 Å². The number of hydrogen-bond acceptors (Lipinski definition) is 8. The molecule has 1 fully saturated rings. The predicted octanol–water partition coefficient (Wildman–Crippen LogP) is 3.84. The smallest absolute Gasteiger partial charge is 0.258 e. The van der Waals surface area contributed by atoms with Gasteiger partial charge in [-0.2, -0.15) is 0 Å². The van der Waals surface area contributed by atoms with E-state index in [1.807, 2.05) is 0 Å². The van der Waals surface area contributed by atoms with Crippen LogP contribution in [0.2, 0.25) is 10.0 Å². The molecule has 0 unspecified atom stereocenters. The largest absolute Gasteiger partial charge is 0.495 e. The maximum atomic E-state index is 13.5. The van der Waals surface area contributed by atoms with Gasteiger partial charge in [0.05, 0.1) is 54.3 Å². The highest BCUT2D eigenvalue weighted by molar-refractivity contribution is 6.41. The van der Waals surface area contributed by atoms with E-state index < -0.39 is 0 Å². The van der Waals surface area contributed by atoms with Crippen LogP contribution in [0.5, 0.6) is 11.5 Å². The van der Waals surface area contributed by atoms with Crippen LogP contribution < -0.4 is 20.3 Å². The van der Waals surface area contributed by atoms with Gasteiger partial charge in [-0.05, 0) is 12.1 Å². The van der Waals surface area contributed by atoms with Gasteiger partial charge < -0.3 is 29.5 Å². The Morgan fingerprint density at radius 2 is 1.84 bits per heavy atom. The summed E-state index contributed by atoms with van der Waals surface area (Å²) in [5.74, 6) is 0.686. The number of halogens is 2. The highest BCUT2D eigenvalue weighted by Crippen LogP contribution is 2.45. The van der Waals surface area contributed by atoms with Gasteiger partial charge in [0.25, 0.3) is 5.56 Å². The molecule has 1 aromatic carbocycles. The van der Waals surface area contributed by atoms with Crippen molar-refractivity contribution in [2.24, 2.45) is 7.05 Å². The Balaban J connectivity index is 1.68. The summed E-state index contributed by atoms with van der Waals surface area (Å²) in [4.78, 5) is 20.3. The first kappa shape index (κ1) is 26.9. The molecule has 0 amide bonds. The summed E-state index contributed by atoms with van der Waals surface area (Å²) in [7, 11) is 4.63. The van der Waals surface area contributed by atoms with Crippen LogP contribution in [0.4, 0.5) is 0 Å². The minimum Gasteiger partial charge on any atom is -0.495 e. The summed E-state index contributed by atoms with van der Waals surface area (Å²) in [5, 5.41) is 12.3. The zero-order valence-corrected chi connectivity index (χ0v) is 22.4. The standard InChI is InChI=1S/C26H29Cl2N5O4/c1-32-20-11-19(17(13-29)14-30-4-5-33-6-8-37-9-7-33)31-15-16(20)10-18(26(32)34)23-24(27)21(35-2)12-22(36-3)25(23)28/h10-15,29-30H,4-9H2,1-3H3/b17-14+,29-13?. The van der Waals surface area contributed by atoms with Gasteiger partial charge in [-0.1, -0.05) is 23.2 Å². The highest BCUT2D eigenvalue weighted by Gasteiger charge is 2.22. The van der Waals surface area contributed by atoms with Gasteiger partial charge in [0, 0.05) is 74.4 Å². The third kappa shape index (κ3) is 5.60. The Morgan fingerprint density at radius 1 is 1.16 bits per heavy atom. The van der Waals surface area contributed by atoms with Gasteiger partial charge >= 0.3 is 0 Å². The Labute approximate surface area is 225 Å². The van der Waals surface area contributed by atoms with E-state index >= 15 is 0 Å². The number of allylic oxidation sites excluding steroid dienone is 1. The van der Waals surface area contributed by atoms with Crippen LogP contribution in [0.1, 0.15) is 5.69 Å². The zero-order valence-electron chi connectivity index (χ0n) is 20.9. The number of methoxy groups -OCH3 is 2. The average molecular weight is 546 g/mol. The Morgan fingerprint density at radius 3 is 2.46 bits per heavy atom. The summed E-state index contributed by atoms with van der Waals surface area (Å²) in [6.07, 6.45) is 4.68. The molecule has 2 aromatic heterocycles. The van der Waals surface area contributed by atoms with Crippen LogP contribution >= 0.6 is 23.2 Å². The van der Waals surface area contributed by atoms with Gasteiger partial charge in [0.2, 0.25) is 0 Å². The molecule has 4 rings (SSSR count). The van der Waals surface area contributed by atoms with Crippen molar-refractivity contribution in [3.05, 3.63) is 56.7 Å². The molecule has 0 saturated carbocycles. The predicted molar refractivity (Wildman–Crippen MR) is 148 cm³/mol. The first-order valence-electron chi connectivity index (χ1n) is 11.7. The number of rotatable bonds is 9.